The van der Waals surface area contributed by atoms with Crippen LogP contribution in [0, 0.1) is 5.92 Å². The van der Waals surface area contributed by atoms with E-state index in [1.807, 2.05) is 31.2 Å². The third-order valence-electron chi connectivity index (χ3n) is 7.46. The number of benzene rings is 1. The van der Waals surface area contributed by atoms with Gasteiger partial charge < -0.3 is 14.5 Å². The van der Waals surface area contributed by atoms with Crippen LogP contribution < -0.4 is 4.90 Å². The second-order valence-corrected chi connectivity index (χ2v) is 11.0. The molecule has 1 saturated heterocycles. The zero-order valence-corrected chi connectivity index (χ0v) is 23.3. The molecule has 1 unspecified atom stereocenters. The molecule has 2 aliphatic rings. The van der Waals surface area contributed by atoms with Gasteiger partial charge in [0, 0.05) is 49.3 Å². The smallest absolute Gasteiger partial charge is 0.310 e. The van der Waals surface area contributed by atoms with Crippen molar-refractivity contribution in [3.05, 3.63) is 47.2 Å². The number of aromatic nitrogens is 2. The highest BCUT2D eigenvalue weighted by atomic mass is 32.2. The summed E-state index contributed by atoms with van der Waals surface area (Å²) in [6.45, 7) is 5.40. The Hall–Kier alpha value is -2.61. The SMILES string of the molecule is CCOC(=O)C1CCCN(C(=O)c2cccc(CSc3nc(CC)cc(N(C)C4CCCCC4)n3)c2)C1. The first kappa shape index (κ1) is 27.4. The Bertz CT molecular complexity index is 1070. The molecule has 37 heavy (non-hydrogen) atoms. The fourth-order valence-electron chi connectivity index (χ4n) is 5.28. The minimum Gasteiger partial charge on any atom is -0.466 e. The molecule has 1 aliphatic carbocycles. The monoisotopic (exact) mass is 524 g/mol. The van der Waals surface area contributed by atoms with Gasteiger partial charge in [0.2, 0.25) is 0 Å². The van der Waals surface area contributed by atoms with Crippen molar-refractivity contribution in [1.82, 2.24) is 14.9 Å². The van der Waals surface area contributed by atoms with Crippen molar-refractivity contribution in [1.29, 1.82) is 0 Å². The maximum Gasteiger partial charge on any atom is 0.310 e. The Balaban J connectivity index is 1.41. The number of carbonyl (C=O) groups is 2. The van der Waals surface area contributed by atoms with Crippen LogP contribution in [0.4, 0.5) is 5.82 Å². The van der Waals surface area contributed by atoms with E-state index in [-0.39, 0.29) is 17.8 Å². The molecular weight excluding hydrogens is 484 g/mol. The van der Waals surface area contributed by atoms with Crippen molar-refractivity contribution >= 4 is 29.5 Å². The average molecular weight is 525 g/mol. The topological polar surface area (TPSA) is 75.6 Å². The minimum atomic E-state index is -0.236. The Morgan fingerprint density at radius 2 is 1.89 bits per heavy atom. The zero-order valence-electron chi connectivity index (χ0n) is 22.4. The highest BCUT2D eigenvalue weighted by Gasteiger charge is 2.30. The summed E-state index contributed by atoms with van der Waals surface area (Å²) in [5, 5.41) is 0.780. The van der Waals surface area contributed by atoms with E-state index < -0.39 is 0 Å². The van der Waals surface area contributed by atoms with E-state index in [1.54, 1.807) is 16.7 Å². The van der Waals surface area contributed by atoms with Crippen molar-refractivity contribution in [2.24, 2.45) is 5.92 Å². The van der Waals surface area contributed by atoms with Crippen LogP contribution in [0.15, 0.2) is 35.5 Å². The van der Waals surface area contributed by atoms with Crippen LogP contribution in [0.2, 0.25) is 0 Å². The number of thioether (sulfide) groups is 1. The first-order valence-electron chi connectivity index (χ1n) is 13.8. The molecule has 4 rings (SSSR count). The molecule has 0 spiro atoms. The van der Waals surface area contributed by atoms with E-state index in [1.165, 1.54) is 32.1 Å². The van der Waals surface area contributed by atoms with Crippen LogP contribution in [0.1, 0.15) is 80.4 Å². The molecule has 0 radical (unpaired) electrons. The molecule has 1 aromatic carbocycles. The van der Waals surface area contributed by atoms with Gasteiger partial charge in [-0.15, -0.1) is 0 Å². The first-order valence-corrected chi connectivity index (χ1v) is 14.8. The summed E-state index contributed by atoms with van der Waals surface area (Å²) in [5.74, 6) is 1.23. The number of rotatable bonds is 9. The number of aryl methyl sites for hydroxylation is 1. The number of anilines is 1. The Morgan fingerprint density at radius 3 is 2.65 bits per heavy atom. The van der Waals surface area contributed by atoms with Gasteiger partial charge in [-0.1, -0.05) is 50.1 Å². The van der Waals surface area contributed by atoms with Crippen LogP contribution in [0.3, 0.4) is 0 Å². The quantitative estimate of drug-likeness (QED) is 0.243. The summed E-state index contributed by atoms with van der Waals surface area (Å²) in [4.78, 5) is 39.2. The zero-order chi connectivity index (χ0) is 26.2. The molecule has 1 amide bonds. The molecule has 1 aliphatic heterocycles. The summed E-state index contributed by atoms with van der Waals surface area (Å²) >= 11 is 1.61. The van der Waals surface area contributed by atoms with Gasteiger partial charge >= 0.3 is 5.97 Å². The van der Waals surface area contributed by atoms with Crippen molar-refractivity contribution in [3.8, 4) is 0 Å². The number of ether oxygens (including phenoxy) is 1. The van der Waals surface area contributed by atoms with Crippen LogP contribution in [-0.2, 0) is 21.7 Å². The van der Waals surface area contributed by atoms with Crippen molar-refractivity contribution in [3.63, 3.8) is 0 Å². The Kier molecular flexibility index (Phi) is 9.83. The number of amides is 1. The molecule has 0 bridgehead atoms. The van der Waals surface area contributed by atoms with Gasteiger partial charge in [-0.25, -0.2) is 9.97 Å². The number of nitrogens with zero attached hydrogens (tertiary/aromatic N) is 4. The predicted octanol–water partition coefficient (Wildman–Crippen LogP) is 5.52. The molecule has 2 heterocycles. The van der Waals surface area contributed by atoms with Crippen LogP contribution in [0.5, 0.6) is 0 Å². The van der Waals surface area contributed by atoms with Crippen molar-refractivity contribution in [2.75, 3.05) is 31.6 Å². The summed E-state index contributed by atoms with van der Waals surface area (Å²) in [5.41, 5.74) is 2.77. The fourth-order valence-corrected chi connectivity index (χ4v) is 6.10. The number of hydrogen-bond acceptors (Lipinski definition) is 7. The molecule has 200 valence electrons. The molecule has 7 nitrogen and oxygen atoms in total. The lowest BCUT2D eigenvalue weighted by atomic mass is 9.94. The van der Waals surface area contributed by atoms with Gasteiger partial charge in [0.1, 0.15) is 5.82 Å². The second kappa shape index (κ2) is 13.3. The number of carbonyl (C=O) groups excluding carboxylic acids is 2. The maximum absolute atomic E-state index is 13.2. The number of esters is 1. The number of likely N-dealkylation sites (tertiary alicyclic amines) is 1. The number of piperidine rings is 1. The summed E-state index contributed by atoms with van der Waals surface area (Å²) in [6, 6.07) is 10.5. The Labute approximate surface area is 225 Å². The molecule has 2 fully saturated rings. The lowest BCUT2D eigenvalue weighted by Gasteiger charge is -2.32. The first-order chi connectivity index (χ1) is 18.0. The van der Waals surface area contributed by atoms with Crippen LogP contribution in [0.25, 0.3) is 0 Å². The molecule has 1 atom stereocenters. The summed E-state index contributed by atoms with van der Waals surface area (Å²) in [6.07, 6.45) is 8.82. The van der Waals surface area contributed by atoms with Gasteiger partial charge in [-0.05, 0) is 56.7 Å². The van der Waals surface area contributed by atoms with Gasteiger partial charge in [-0.2, -0.15) is 0 Å². The van der Waals surface area contributed by atoms with Gasteiger partial charge in [0.15, 0.2) is 5.16 Å². The highest BCUT2D eigenvalue weighted by molar-refractivity contribution is 7.98. The van der Waals surface area contributed by atoms with E-state index in [0.717, 1.165) is 41.5 Å². The van der Waals surface area contributed by atoms with Crippen molar-refractivity contribution < 1.29 is 14.3 Å². The average Bonchev–Trinajstić information content (AvgIpc) is 2.96. The van der Waals surface area contributed by atoms with Crippen LogP contribution in [-0.4, -0.2) is 59.5 Å². The largest absolute Gasteiger partial charge is 0.466 e. The van der Waals surface area contributed by atoms with E-state index in [4.69, 9.17) is 14.7 Å². The normalized spacial score (nSPS) is 18.5. The summed E-state index contributed by atoms with van der Waals surface area (Å²) in [7, 11) is 2.16. The molecule has 0 N–H and O–H groups in total. The van der Waals surface area contributed by atoms with E-state index in [9.17, 15) is 9.59 Å². The molecule has 1 aromatic heterocycles. The second-order valence-electron chi connectivity index (χ2n) is 10.1. The fraction of sp³-hybridized carbons (Fsp3) is 0.586. The van der Waals surface area contributed by atoms with E-state index in [0.29, 0.717) is 37.1 Å². The third-order valence-corrected chi connectivity index (χ3v) is 8.38. The lowest BCUT2D eigenvalue weighted by molar-refractivity contribution is -0.149. The van der Waals surface area contributed by atoms with Gasteiger partial charge in [-0.3, -0.25) is 9.59 Å². The van der Waals surface area contributed by atoms with Gasteiger partial charge in [0.25, 0.3) is 5.91 Å². The van der Waals surface area contributed by atoms with Crippen molar-refractivity contribution in [2.45, 2.75) is 82.2 Å². The number of hydrogen-bond donors (Lipinski definition) is 0. The van der Waals surface area contributed by atoms with Gasteiger partial charge in [0.05, 0.1) is 12.5 Å². The van der Waals surface area contributed by atoms with E-state index in [2.05, 4.69) is 24.9 Å². The van der Waals surface area contributed by atoms with Crippen LogP contribution >= 0.6 is 11.8 Å². The third kappa shape index (κ3) is 7.24. The lowest BCUT2D eigenvalue weighted by Crippen LogP contribution is -2.42. The Morgan fingerprint density at radius 1 is 1.08 bits per heavy atom. The standard InChI is InChI=1S/C29H40N4O3S/c1-4-24-18-26(32(3)25-14-7-6-8-15-25)31-29(30-24)37-20-21-11-9-12-22(17-21)27(34)33-16-10-13-23(19-33)28(35)36-5-2/h9,11-12,17-18,23,25H,4-8,10,13-16,19-20H2,1-3H3. The maximum atomic E-state index is 13.2. The summed E-state index contributed by atoms with van der Waals surface area (Å²) < 4.78 is 5.19. The van der Waals surface area contributed by atoms with E-state index >= 15 is 0 Å². The molecular formula is C29H40N4O3S. The predicted molar refractivity (Wildman–Crippen MR) is 148 cm³/mol. The molecule has 1 saturated carbocycles. The molecule has 2 aromatic rings. The molecule has 8 heteroatoms. The minimum absolute atomic E-state index is 0.0264. The highest BCUT2D eigenvalue weighted by Crippen LogP contribution is 2.28.